The maximum atomic E-state index is 14.9. The summed E-state index contributed by atoms with van der Waals surface area (Å²) in [5.74, 6) is -2.65. The van der Waals surface area contributed by atoms with E-state index in [9.17, 15) is 38.7 Å². The number of hydrogen-bond donors (Lipinski definition) is 4. The molecule has 2 saturated heterocycles. The number of nitrogens with two attached hydrogens (primary N) is 1. The summed E-state index contributed by atoms with van der Waals surface area (Å²) in [5, 5.41) is 16.3. The highest BCUT2D eigenvalue weighted by Crippen LogP contribution is 2.55. The second kappa shape index (κ2) is 24.2. The minimum Gasteiger partial charge on any atom is -0.394 e. The Morgan fingerprint density at radius 2 is 1.71 bits per heavy atom. The van der Waals surface area contributed by atoms with Crippen molar-refractivity contribution in [3.05, 3.63) is 42.0 Å². The van der Waals surface area contributed by atoms with Gasteiger partial charge in [-0.05, 0) is 93.9 Å². The van der Waals surface area contributed by atoms with Crippen molar-refractivity contribution in [2.75, 3.05) is 53.3 Å². The van der Waals surface area contributed by atoms with Crippen LogP contribution in [0.5, 0.6) is 0 Å². The number of unbranched alkanes of at least 4 members (excludes halogenated alkanes) is 2. The SMILES string of the molecule is CC[C@H](C)[C@@H]([C@@H](CC(=O)N1CCC[C@H]1[C@H](OC)[C@@H](C)C(=O)N[C@H](CO)Cc1cccc(NC(=O)CCCCCN2C(=O)C=CC2=O)c1)OC)N(C)C(=O)[C@@H](C(C)C)C12CCC(C1)C(C(N)=O)N2C. The number of hydrogen-bond acceptors (Lipinski definition) is 11. The fourth-order valence-electron chi connectivity index (χ4n) is 12.0. The highest BCUT2D eigenvalue weighted by molar-refractivity contribution is 6.12. The molecule has 1 aromatic carbocycles. The topological polar surface area (TPSA) is 221 Å². The molecule has 2 bridgehead atoms. The second-order valence-corrected chi connectivity index (χ2v) is 20.2. The molecule has 0 aromatic heterocycles. The third kappa shape index (κ3) is 12.2. The number of nitrogens with zero attached hydrogens (tertiary/aromatic N) is 4. The number of benzene rings is 1. The van der Waals surface area contributed by atoms with Crippen LogP contribution in [0.2, 0.25) is 0 Å². The van der Waals surface area contributed by atoms with Gasteiger partial charge >= 0.3 is 0 Å². The third-order valence-electron chi connectivity index (χ3n) is 15.6. The number of ether oxygens (including phenoxy) is 2. The van der Waals surface area contributed by atoms with E-state index in [2.05, 4.69) is 43.2 Å². The number of fused-ring (bicyclic) bond motifs is 2. The number of amides is 7. The number of likely N-dealkylation sites (tertiary alicyclic amines) is 2. The normalized spacial score (nSPS) is 24.5. The molecule has 5 N–H and O–H groups in total. The van der Waals surface area contributed by atoms with Crippen LogP contribution in [0.4, 0.5) is 5.69 Å². The van der Waals surface area contributed by atoms with Gasteiger partial charge in [-0.3, -0.25) is 43.4 Å². The van der Waals surface area contributed by atoms with Crippen LogP contribution in [-0.4, -0.2) is 156 Å². The quantitative estimate of drug-likeness (QED) is 0.0776. The summed E-state index contributed by atoms with van der Waals surface area (Å²) in [7, 11) is 6.87. The minimum absolute atomic E-state index is 0.0116. The summed E-state index contributed by atoms with van der Waals surface area (Å²) in [6, 6.07) is 5.38. The first kappa shape index (κ1) is 54.2. The first-order valence-corrected chi connectivity index (χ1v) is 24.8. The van der Waals surface area contributed by atoms with E-state index >= 15 is 0 Å². The van der Waals surface area contributed by atoms with E-state index in [-0.39, 0.29) is 78.6 Å². The van der Waals surface area contributed by atoms with Crippen LogP contribution in [0.3, 0.4) is 0 Å². The smallest absolute Gasteiger partial charge is 0.253 e. The molecule has 1 saturated carbocycles. The minimum atomic E-state index is -0.689. The number of imide groups is 1. The summed E-state index contributed by atoms with van der Waals surface area (Å²) in [5.41, 5.74) is 6.77. The van der Waals surface area contributed by atoms with Crippen molar-refractivity contribution in [1.82, 2.24) is 24.9 Å². The van der Waals surface area contributed by atoms with Crippen molar-refractivity contribution >= 4 is 47.0 Å². The molecule has 3 aliphatic heterocycles. The third-order valence-corrected chi connectivity index (χ3v) is 15.6. The van der Waals surface area contributed by atoms with Crippen molar-refractivity contribution in [3.63, 3.8) is 0 Å². The Morgan fingerprint density at radius 1 is 1.00 bits per heavy atom. The lowest BCUT2D eigenvalue weighted by atomic mass is 9.74. The second-order valence-electron chi connectivity index (χ2n) is 20.2. The van der Waals surface area contributed by atoms with E-state index in [1.165, 1.54) is 24.2 Å². The van der Waals surface area contributed by atoms with E-state index in [4.69, 9.17) is 15.2 Å². The molecule has 1 aliphatic carbocycles. The number of rotatable bonds is 26. The van der Waals surface area contributed by atoms with Crippen molar-refractivity contribution in [1.29, 1.82) is 0 Å². The highest BCUT2D eigenvalue weighted by atomic mass is 16.5. The van der Waals surface area contributed by atoms with Gasteiger partial charge < -0.3 is 40.7 Å². The number of aliphatic hydroxyl groups is 1. The Morgan fingerprint density at radius 3 is 2.31 bits per heavy atom. The van der Waals surface area contributed by atoms with Crippen LogP contribution < -0.4 is 16.4 Å². The maximum absolute atomic E-state index is 14.9. The molecule has 4 aliphatic rings. The molecular weight excluding hydrogens is 871 g/mol. The summed E-state index contributed by atoms with van der Waals surface area (Å²) >= 11 is 0. The van der Waals surface area contributed by atoms with Gasteiger partial charge in [0.1, 0.15) is 0 Å². The Balaban J connectivity index is 1.18. The molecule has 3 heterocycles. The number of methoxy groups -OCH3 is 2. The molecule has 3 fully saturated rings. The molecule has 7 amide bonds. The molecule has 17 heteroatoms. The molecule has 0 radical (unpaired) electrons. The van der Waals surface area contributed by atoms with Crippen LogP contribution in [0.25, 0.3) is 0 Å². The summed E-state index contributed by atoms with van der Waals surface area (Å²) in [4.78, 5) is 98.9. The fourth-order valence-corrected chi connectivity index (χ4v) is 12.0. The zero-order valence-electron chi connectivity index (χ0n) is 41.9. The van der Waals surface area contributed by atoms with E-state index in [0.717, 1.165) is 37.7 Å². The number of carbonyl (C=O) groups is 7. The number of nitrogens with one attached hydrogen (secondary N) is 2. The van der Waals surface area contributed by atoms with Gasteiger partial charge in [-0.15, -0.1) is 0 Å². The van der Waals surface area contributed by atoms with E-state index in [1.54, 1.807) is 42.0 Å². The molecule has 11 atom stereocenters. The van der Waals surface area contributed by atoms with Crippen LogP contribution in [0, 0.1) is 29.6 Å². The van der Waals surface area contributed by atoms with Gasteiger partial charge in [0, 0.05) is 64.2 Å². The molecule has 0 spiro atoms. The fraction of sp³-hybridized carbons (Fsp3) is 0.706. The highest BCUT2D eigenvalue weighted by Gasteiger charge is 2.62. The van der Waals surface area contributed by atoms with Crippen LogP contribution >= 0.6 is 0 Å². The first-order chi connectivity index (χ1) is 32.3. The number of anilines is 1. The average Bonchev–Trinajstić information content (AvgIpc) is 4.09. The Kier molecular flexibility index (Phi) is 19.3. The van der Waals surface area contributed by atoms with Gasteiger partial charge in [0.15, 0.2) is 0 Å². The van der Waals surface area contributed by atoms with Gasteiger partial charge in [-0.25, -0.2) is 0 Å². The van der Waals surface area contributed by atoms with E-state index in [1.807, 2.05) is 20.2 Å². The molecule has 3 unspecified atom stereocenters. The number of primary amides is 1. The molecule has 378 valence electrons. The van der Waals surface area contributed by atoms with E-state index < -0.39 is 53.8 Å². The molecule has 68 heavy (non-hydrogen) atoms. The number of aliphatic hydroxyl groups excluding tert-OH is 1. The molecule has 5 rings (SSSR count). The van der Waals surface area contributed by atoms with Gasteiger partial charge in [0.2, 0.25) is 29.5 Å². The standard InChI is InChI=1S/C51H79N7O10/c1-10-32(4)45(55(6)50(66)44(31(2)3)51-23-22-35(29-51)46(48(52)64)56(51)7)39(67-8)28-43(63)57-25-15-18-38(57)47(68-9)33(5)49(65)54-37(30-59)27-34-16-14-17-36(26-34)53-40(60)19-12-11-13-24-58-41(61)20-21-42(58)62/h14,16-17,20-21,26,31-33,35,37-39,44-47,59H,10-13,15,18-19,22-25,27-30H2,1-9H3,(H2,52,64)(H,53,60)(H,54,65)/t32-,33+,35?,37-,38-,39+,44+,45-,46?,47+,51?/m0/s1. The number of carbonyl (C=O) groups excluding carboxylic acids is 7. The lowest BCUT2D eigenvalue weighted by Crippen LogP contribution is -2.61. The molecular formula is C51H79N7O10. The van der Waals surface area contributed by atoms with Gasteiger partial charge in [0.25, 0.3) is 11.8 Å². The van der Waals surface area contributed by atoms with Gasteiger partial charge in [-0.1, -0.05) is 59.6 Å². The van der Waals surface area contributed by atoms with Gasteiger partial charge in [-0.2, -0.15) is 0 Å². The molecule has 17 nitrogen and oxygen atoms in total. The predicted octanol–water partition coefficient (Wildman–Crippen LogP) is 3.66. The summed E-state index contributed by atoms with van der Waals surface area (Å²) < 4.78 is 12.1. The zero-order valence-corrected chi connectivity index (χ0v) is 41.9. The Bertz CT molecular complexity index is 1980. The monoisotopic (exact) mass is 950 g/mol. The predicted molar refractivity (Wildman–Crippen MR) is 257 cm³/mol. The lowest BCUT2D eigenvalue weighted by Gasteiger charge is -2.48. The van der Waals surface area contributed by atoms with Crippen LogP contribution in [0.15, 0.2) is 36.4 Å². The Labute approximate surface area is 403 Å². The van der Waals surface area contributed by atoms with Crippen molar-refractivity contribution in [2.24, 2.45) is 35.3 Å². The first-order valence-electron chi connectivity index (χ1n) is 24.8. The maximum Gasteiger partial charge on any atom is 0.253 e. The summed E-state index contributed by atoms with van der Waals surface area (Å²) in [6.07, 6.45) is 8.21. The Hall–Kier alpha value is -4.71. The zero-order chi connectivity index (χ0) is 50.0. The van der Waals surface area contributed by atoms with Crippen molar-refractivity contribution in [3.8, 4) is 0 Å². The van der Waals surface area contributed by atoms with Gasteiger partial charge in [0.05, 0.1) is 61.2 Å². The van der Waals surface area contributed by atoms with Crippen molar-refractivity contribution < 1.29 is 48.1 Å². The van der Waals surface area contributed by atoms with Crippen molar-refractivity contribution in [2.45, 2.75) is 154 Å². The number of likely N-dealkylation sites (N-methyl/N-ethyl adjacent to an activating group) is 2. The van der Waals surface area contributed by atoms with E-state index in [0.29, 0.717) is 50.9 Å². The lowest BCUT2D eigenvalue weighted by molar-refractivity contribution is -0.153. The largest absolute Gasteiger partial charge is 0.394 e. The summed E-state index contributed by atoms with van der Waals surface area (Å²) in [6.45, 7) is 10.5. The number of piperidine rings is 1. The average molecular weight is 950 g/mol. The van der Waals surface area contributed by atoms with Crippen LogP contribution in [-0.2, 0) is 49.5 Å². The molecule has 1 aromatic rings. The van der Waals surface area contributed by atoms with Crippen LogP contribution in [0.1, 0.15) is 111 Å².